The van der Waals surface area contributed by atoms with Crippen molar-refractivity contribution >= 4 is 0 Å². The van der Waals surface area contributed by atoms with Crippen LogP contribution in [0.15, 0.2) is 54.9 Å². The Morgan fingerprint density at radius 2 is 1.62 bits per heavy atom. The maximum Gasteiger partial charge on any atom is 0.123 e. The molecule has 0 saturated carbocycles. The van der Waals surface area contributed by atoms with Crippen LogP contribution < -0.4 is 0 Å². The van der Waals surface area contributed by atoms with Crippen molar-refractivity contribution in [3.8, 4) is 0 Å². The monoisotopic (exact) mass is 174 g/mol. The normalized spacial score (nSPS) is 8.38. The van der Waals surface area contributed by atoms with Gasteiger partial charge in [0.2, 0.25) is 0 Å². The van der Waals surface area contributed by atoms with Crippen molar-refractivity contribution in [2.24, 2.45) is 0 Å². The summed E-state index contributed by atoms with van der Waals surface area (Å²) in [7, 11) is 0. The molecule has 0 aliphatic rings. The highest BCUT2D eigenvalue weighted by Gasteiger charge is 1.77. The Bertz CT molecular complexity index is 281. The number of benzene rings is 1. The minimum absolute atomic E-state index is 0.209. The summed E-state index contributed by atoms with van der Waals surface area (Å²) in [6, 6.07) is 14.2. The lowest BCUT2D eigenvalue weighted by Crippen LogP contribution is -1.64. The molecule has 1 heterocycles. The van der Waals surface area contributed by atoms with Crippen molar-refractivity contribution in [1.82, 2.24) is 4.98 Å². The van der Waals surface area contributed by atoms with Crippen LogP contribution in [0.5, 0.6) is 0 Å². The van der Waals surface area contributed by atoms with Crippen molar-refractivity contribution in [2.45, 2.75) is 0 Å². The van der Waals surface area contributed by atoms with Gasteiger partial charge in [-0.3, -0.25) is 4.98 Å². The number of hydrogen-bond acceptors (Lipinski definition) is 1. The summed E-state index contributed by atoms with van der Waals surface area (Å²) in [6.07, 6.45) is 3.50. The molecule has 2 heteroatoms. The Balaban J connectivity index is 0.000000132. The predicted molar refractivity (Wildman–Crippen MR) is 49.5 cm³/mol. The van der Waals surface area contributed by atoms with Crippen molar-refractivity contribution in [3.63, 3.8) is 0 Å². The van der Waals surface area contributed by atoms with Crippen LogP contribution in [0.3, 0.4) is 0 Å². The Kier molecular flexibility index (Phi) is 4.25. The van der Waals surface area contributed by atoms with E-state index in [1.165, 1.54) is 24.3 Å². The highest BCUT2D eigenvalue weighted by atomic mass is 19.1. The van der Waals surface area contributed by atoms with Gasteiger partial charge in [0.25, 0.3) is 0 Å². The average molecular weight is 174 g/mol. The summed E-state index contributed by atoms with van der Waals surface area (Å²) in [5.41, 5.74) is 0. The minimum Gasteiger partial charge on any atom is -0.265 e. The average Bonchev–Trinajstić information content (AvgIpc) is 2.22. The molecule has 0 N–H and O–H groups in total. The van der Waals surface area contributed by atoms with Gasteiger partial charge in [-0.1, -0.05) is 18.2 Å². The van der Waals surface area contributed by atoms with Crippen molar-refractivity contribution in [3.05, 3.63) is 66.7 Å². The van der Waals surface area contributed by atoms with Crippen LogP contribution in [0.4, 0.5) is 4.39 Å². The Labute approximate surface area is 76.9 Å². The topological polar surface area (TPSA) is 12.9 Å². The number of aromatic nitrogens is 1. The first-order valence-corrected chi connectivity index (χ1v) is 3.86. The van der Waals surface area contributed by atoms with Crippen molar-refractivity contribution < 1.29 is 4.39 Å². The first-order chi connectivity index (χ1) is 6.39. The molecular weight excluding hydrogens is 165 g/mol. The van der Waals surface area contributed by atoms with Crippen molar-refractivity contribution in [2.75, 3.05) is 0 Å². The third-order valence-electron chi connectivity index (χ3n) is 1.24. The molecule has 0 atom stereocenters. The van der Waals surface area contributed by atoms with Gasteiger partial charge in [0.05, 0.1) is 0 Å². The Morgan fingerprint density at radius 1 is 1.00 bits per heavy atom. The van der Waals surface area contributed by atoms with E-state index >= 15 is 0 Å². The zero-order chi connectivity index (χ0) is 9.36. The van der Waals surface area contributed by atoms with Gasteiger partial charge in [-0.25, -0.2) is 4.39 Å². The van der Waals surface area contributed by atoms with E-state index in [4.69, 9.17) is 0 Å². The van der Waals surface area contributed by atoms with Crippen LogP contribution >= 0.6 is 0 Å². The number of halogens is 1. The molecule has 1 aromatic heterocycles. The molecule has 0 spiro atoms. The molecule has 0 unspecified atom stereocenters. The van der Waals surface area contributed by atoms with E-state index in [1.807, 2.05) is 18.2 Å². The van der Waals surface area contributed by atoms with Crippen molar-refractivity contribution in [1.29, 1.82) is 0 Å². The van der Waals surface area contributed by atoms with Crippen LogP contribution in [0.2, 0.25) is 0 Å². The minimum atomic E-state index is -0.209. The van der Waals surface area contributed by atoms with E-state index in [1.54, 1.807) is 12.4 Å². The molecule has 0 fully saturated rings. The van der Waals surface area contributed by atoms with Crippen LogP contribution in [-0.4, -0.2) is 4.98 Å². The van der Waals surface area contributed by atoms with Gasteiger partial charge in [-0.05, 0) is 30.3 Å². The summed E-state index contributed by atoms with van der Waals surface area (Å²) in [5.74, 6) is -0.209. The lowest BCUT2D eigenvalue weighted by Gasteiger charge is -1.77. The molecule has 1 aromatic carbocycles. The largest absolute Gasteiger partial charge is 0.265 e. The summed E-state index contributed by atoms with van der Waals surface area (Å²) in [6.45, 7) is 0. The molecule has 0 amide bonds. The van der Waals surface area contributed by atoms with Gasteiger partial charge < -0.3 is 0 Å². The lowest BCUT2D eigenvalue weighted by molar-refractivity contribution is 0.628. The molecular formula is C11H9FN. The molecule has 2 rings (SSSR count). The fraction of sp³-hybridized carbons (Fsp3) is 0. The van der Waals surface area contributed by atoms with Gasteiger partial charge in [0, 0.05) is 12.4 Å². The maximum absolute atomic E-state index is 11.9. The fourth-order valence-electron chi connectivity index (χ4n) is 0.679. The van der Waals surface area contributed by atoms with Crippen LogP contribution in [0.1, 0.15) is 0 Å². The van der Waals surface area contributed by atoms with E-state index in [9.17, 15) is 4.39 Å². The summed E-state index contributed by atoms with van der Waals surface area (Å²) in [4.78, 5) is 3.78. The highest BCUT2D eigenvalue weighted by molar-refractivity contribution is 5.00. The number of pyridine rings is 1. The number of rotatable bonds is 0. The van der Waals surface area contributed by atoms with E-state index in [0.717, 1.165) is 0 Å². The fourth-order valence-corrected chi connectivity index (χ4v) is 0.679. The molecule has 0 aliphatic carbocycles. The van der Waals surface area contributed by atoms with Gasteiger partial charge in [0.15, 0.2) is 0 Å². The zero-order valence-corrected chi connectivity index (χ0v) is 7.02. The van der Waals surface area contributed by atoms with E-state index in [2.05, 4.69) is 11.1 Å². The molecule has 2 aromatic rings. The van der Waals surface area contributed by atoms with E-state index < -0.39 is 0 Å². The van der Waals surface area contributed by atoms with E-state index in [0.29, 0.717) is 0 Å². The first kappa shape index (κ1) is 9.39. The maximum atomic E-state index is 11.9. The molecule has 0 aliphatic heterocycles. The molecule has 1 radical (unpaired) electrons. The number of hydrogen-bond donors (Lipinski definition) is 0. The highest BCUT2D eigenvalue weighted by Crippen LogP contribution is 1.91. The van der Waals surface area contributed by atoms with Gasteiger partial charge in [-0.2, -0.15) is 0 Å². The Hall–Kier alpha value is -1.70. The molecule has 0 saturated heterocycles. The third kappa shape index (κ3) is 4.69. The standard InChI is InChI=1S/C6H4F.C5H5N/c7-6-4-2-1-3-5-6;1-2-4-6-5-3-1/h2-5H;1-5H. The smallest absolute Gasteiger partial charge is 0.123 e. The third-order valence-corrected chi connectivity index (χ3v) is 1.24. The van der Waals surface area contributed by atoms with Gasteiger partial charge in [-0.15, -0.1) is 0 Å². The second-order valence-electron chi connectivity index (χ2n) is 2.24. The first-order valence-electron chi connectivity index (χ1n) is 3.86. The quantitative estimate of drug-likeness (QED) is 0.598. The molecule has 0 bridgehead atoms. The summed E-state index contributed by atoms with van der Waals surface area (Å²) >= 11 is 0. The van der Waals surface area contributed by atoms with Crippen LogP contribution in [0, 0.1) is 11.9 Å². The summed E-state index contributed by atoms with van der Waals surface area (Å²) < 4.78 is 11.9. The predicted octanol–water partition coefficient (Wildman–Crippen LogP) is 2.71. The molecule has 1 nitrogen and oxygen atoms in total. The second-order valence-corrected chi connectivity index (χ2v) is 2.24. The van der Waals surface area contributed by atoms with E-state index in [-0.39, 0.29) is 5.82 Å². The van der Waals surface area contributed by atoms with Gasteiger partial charge >= 0.3 is 0 Å². The van der Waals surface area contributed by atoms with Gasteiger partial charge in [0.1, 0.15) is 5.82 Å². The Morgan fingerprint density at radius 3 is 1.85 bits per heavy atom. The van der Waals surface area contributed by atoms with Crippen LogP contribution in [-0.2, 0) is 0 Å². The van der Waals surface area contributed by atoms with Crippen LogP contribution in [0.25, 0.3) is 0 Å². The SMILES string of the molecule is Fc1cc[c]cc1.c1ccncc1. The molecule has 13 heavy (non-hydrogen) atoms. The number of nitrogens with zero attached hydrogens (tertiary/aromatic N) is 1. The molecule has 65 valence electrons. The lowest BCUT2D eigenvalue weighted by atomic mass is 10.4. The second kappa shape index (κ2) is 5.89. The summed E-state index contributed by atoms with van der Waals surface area (Å²) in [5, 5.41) is 0. The zero-order valence-electron chi connectivity index (χ0n) is 7.02.